The van der Waals surface area contributed by atoms with E-state index in [9.17, 15) is 4.79 Å². The smallest absolute Gasteiger partial charge is 0.266 e. The van der Waals surface area contributed by atoms with E-state index in [-0.39, 0.29) is 5.91 Å². The summed E-state index contributed by atoms with van der Waals surface area (Å²) in [6, 6.07) is 7.74. The number of anilines is 2. The minimum atomic E-state index is -0.151. The average molecular weight is 260 g/mol. The van der Waals surface area contributed by atoms with Gasteiger partial charge in [0, 0.05) is 6.04 Å². The number of aromatic nitrogens is 2. The molecule has 92 valence electrons. The summed E-state index contributed by atoms with van der Waals surface area (Å²) < 4.78 is 0. The topological polar surface area (TPSA) is 66.9 Å². The number of carbonyl (C=O) groups excluding carboxylic acids is 1. The molecule has 0 unspecified atom stereocenters. The SMILES string of the molecule is O=C(Nc1ccc(NC2CC2)nn1)c1cccs1. The molecule has 2 heterocycles. The normalized spacial score (nSPS) is 14.2. The van der Waals surface area contributed by atoms with Crippen molar-refractivity contribution in [1.29, 1.82) is 0 Å². The molecule has 2 N–H and O–H groups in total. The summed E-state index contributed by atoms with van der Waals surface area (Å²) in [6.45, 7) is 0. The van der Waals surface area contributed by atoms with Crippen molar-refractivity contribution in [3.05, 3.63) is 34.5 Å². The van der Waals surface area contributed by atoms with Crippen molar-refractivity contribution in [3.63, 3.8) is 0 Å². The van der Waals surface area contributed by atoms with E-state index in [2.05, 4.69) is 20.8 Å². The van der Waals surface area contributed by atoms with Gasteiger partial charge in [0.05, 0.1) is 4.88 Å². The Morgan fingerprint density at radius 3 is 2.61 bits per heavy atom. The number of hydrogen-bond donors (Lipinski definition) is 2. The first-order valence-corrected chi connectivity index (χ1v) is 6.64. The van der Waals surface area contributed by atoms with Gasteiger partial charge in [0.2, 0.25) is 0 Å². The van der Waals surface area contributed by atoms with Crippen LogP contribution in [0.2, 0.25) is 0 Å². The lowest BCUT2D eigenvalue weighted by Gasteiger charge is -2.04. The Labute approximate surface area is 108 Å². The van der Waals surface area contributed by atoms with E-state index in [1.807, 2.05) is 17.5 Å². The maximum absolute atomic E-state index is 11.8. The minimum absolute atomic E-state index is 0.151. The van der Waals surface area contributed by atoms with E-state index in [1.165, 1.54) is 24.2 Å². The van der Waals surface area contributed by atoms with Crippen LogP contribution in [0, 0.1) is 0 Å². The van der Waals surface area contributed by atoms with E-state index in [0.29, 0.717) is 16.7 Å². The first-order valence-electron chi connectivity index (χ1n) is 5.76. The van der Waals surface area contributed by atoms with Gasteiger partial charge in [-0.25, -0.2) is 0 Å². The van der Waals surface area contributed by atoms with Crippen molar-refractivity contribution in [3.8, 4) is 0 Å². The van der Waals surface area contributed by atoms with Gasteiger partial charge in [-0.1, -0.05) is 6.07 Å². The third kappa shape index (κ3) is 2.65. The molecule has 1 fully saturated rings. The van der Waals surface area contributed by atoms with Crippen molar-refractivity contribution in [2.24, 2.45) is 0 Å². The van der Waals surface area contributed by atoms with E-state index in [1.54, 1.807) is 12.1 Å². The lowest BCUT2D eigenvalue weighted by Crippen LogP contribution is -2.12. The van der Waals surface area contributed by atoms with Gasteiger partial charge < -0.3 is 10.6 Å². The second-order valence-corrected chi connectivity index (χ2v) is 5.10. The fourth-order valence-electron chi connectivity index (χ4n) is 1.50. The van der Waals surface area contributed by atoms with Gasteiger partial charge in [0.25, 0.3) is 5.91 Å². The van der Waals surface area contributed by atoms with Crippen LogP contribution >= 0.6 is 11.3 Å². The van der Waals surface area contributed by atoms with Gasteiger partial charge in [-0.05, 0) is 36.4 Å². The number of nitrogens with one attached hydrogen (secondary N) is 2. The summed E-state index contributed by atoms with van der Waals surface area (Å²) in [5.41, 5.74) is 0. The minimum Gasteiger partial charge on any atom is -0.366 e. The molecule has 2 aromatic rings. The number of nitrogens with zero attached hydrogens (tertiary/aromatic N) is 2. The maximum atomic E-state index is 11.8. The number of carbonyl (C=O) groups is 1. The van der Waals surface area contributed by atoms with E-state index in [4.69, 9.17) is 0 Å². The van der Waals surface area contributed by atoms with E-state index >= 15 is 0 Å². The summed E-state index contributed by atoms with van der Waals surface area (Å²) in [5.74, 6) is 1.07. The summed E-state index contributed by atoms with van der Waals surface area (Å²) >= 11 is 1.40. The molecule has 5 nitrogen and oxygen atoms in total. The zero-order valence-electron chi connectivity index (χ0n) is 9.59. The predicted octanol–water partition coefficient (Wildman–Crippen LogP) is 2.36. The molecule has 2 aromatic heterocycles. The molecular formula is C12H12N4OS. The van der Waals surface area contributed by atoms with Gasteiger partial charge in [0.15, 0.2) is 5.82 Å². The Kier molecular flexibility index (Phi) is 2.93. The Morgan fingerprint density at radius 1 is 1.22 bits per heavy atom. The van der Waals surface area contributed by atoms with Crippen LogP contribution in [0.25, 0.3) is 0 Å². The number of hydrogen-bond acceptors (Lipinski definition) is 5. The highest BCUT2D eigenvalue weighted by molar-refractivity contribution is 7.12. The molecule has 0 spiro atoms. The Bertz CT molecular complexity index is 534. The molecule has 0 aromatic carbocycles. The number of amides is 1. The molecule has 6 heteroatoms. The Balaban J connectivity index is 1.63. The van der Waals surface area contributed by atoms with Crippen LogP contribution in [0.1, 0.15) is 22.5 Å². The lowest BCUT2D eigenvalue weighted by molar-refractivity contribution is 0.103. The fourth-order valence-corrected chi connectivity index (χ4v) is 2.12. The van der Waals surface area contributed by atoms with Crippen LogP contribution in [-0.4, -0.2) is 22.1 Å². The molecule has 1 saturated carbocycles. The van der Waals surface area contributed by atoms with Crippen LogP contribution in [0.5, 0.6) is 0 Å². The molecule has 0 bridgehead atoms. The van der Waals surface area contributed by atoms with Crippen LogP contribution in [-0.2, 0) is 0 Å². The number of rotatable bonds is 4. The second-order valence-electron chi connectivity index (χ2n) is 4.15. The van der Waals surface area contributed by atoms with Gasteiger partial charge in [0.1, 0.15) is 5.82 Å². The first kappa shape index (κ1) is 11.2. The van der Waals surface area contributed by atoms with Crippen LogP contribution in [0.3, 0.4) is 0 Å². The third-order valence-corrected chi connectivity index (χ3v) is 3.45. The van der Waals surface area contributed by atoms with E-state index in [0.717, 1.165) is 5.82 Å². The molecule has 1 aliphatic rings. The highest BCUT2D eigenvalue weighted by atomic mass is 32.1. The van der Waals surface area contributed by atoms with Gasteiger partial charge in [-0.3, -0.25) is 4.79 Å². The predicted molar refractivity (Wildman–Crippen MR) is 70.9 cm³/mol. The van der Waals surface area contributed by atoms with Crippen LogP contribution < -0.4 is 10.6 Å². The van der Waals surface area contributed by atoms with Crippen molar-refractivity contribution in [2.75, 3.05) is 10.6 Å². The summed E-state index contributed by atoms with van der Waals surface area (Å²) in [6.07, 6.45) is 2.39. The molecule has 0 saturated heterocycles. The van der Waals surface area contributed by atoms with Crippen molar-refractivity contribution in [2.45, 2.75) is 18.9 Å². The largest absolute Gasteiger partial charge is 0.366 e. The first-order chi connectivity index (χ1) is 8.81. The highest BCUT2D eigenvalue weighted by Gasteiger charge is 2.21. The number of thiophene rings is 1. The van der Waals surface area contributed by atoms with Crippen molar-refractivity contribution in [1.82, 2.24) is 10.2 Å². The molecule has 0 aliphatic heterocycles. The molecule has 3 rings (SSSR count). The zero-order chi connectivity index (χ0) is 12.4. The zero-order valence-corrected chi connectivity index (χ0v) is 10.4. The Morgan fingerprint density at radius 2 is 2.00 bits per heavy atom. The quantitative estimate of drug-likeness (QED) is 0.885. The molecule has 1 aliphatic carbocycles. The highest BCUT2D eigenvalue weighted by Crippen LogP contribution is 2.23. The summed E-state index contributed by atoms with van der Waals surface area (Å²) in [5, 5.41) is 15.8. The third-order valence-electron chi connectivity index (χ3n) is 2.58. The monoisotopic (exact) mass is 260 g/mol. The van der Waals surface area contributed by atoms with Crippen LogP contribution in [0.15, 0.2) is 29.6 Å². The van der Waals surface area contributed by atoms with Crippen LogP contribution in [0.4, 0.5) is 11.6 Å². The van der Waals surface area contributed by atoms with Crippen molar-refractivity contribution >= 4 is 28.9 Å². The van der Waals surface area contributed by atoms with E-state index < -0.39 is 0 Å². The fraction of sp³-hybridized carbons (Fsp3) is 0.250. The molecule has 1 amide bonds. The average Bonchev–Trinajstić information content (AvgIpc) is 3.02. The van der Waals surface area contributed by atoms with Gasteiger partial charge >= 0.3 is 0 Å². The molecule has 18 heavy (non-hydrogen) atoms. The second kappa shape index (κ2) is 4.73. The van der Waals surface area contributed by atoms with Crippen molar-refractivity contribution < 1.29 is 4.79 Å². The summed E-state index contributed by atoms with van der Waals surface area (Å²) in [4.78, 5) is 12.4. The van der Waals surface area contributed by atoms with Gasteiger partial charge in [-0.15, -0.1) is 21.5 Å². The maximum Gasteiger partial charge on any atom is 0.266 e. The molecule has 0 radical (unpaired) electrons. The summed E-state index contributed by atoms with van der Waals surface area (Å²) in [7, 11) is 0. The molecular weight excluding hydrogens is 248 g/mol. The Hall–Kier alpha value is -1.95. The van der Waals surface area contributed by atoms with Gasteiger partial charge in [-0.2, -0.15) is 0 Å². The molecule has 0 atom stereocenters. The lowest BCUT2D eigenvalue weighted by atomic mass is 10.4. The standard InChI is InChI=1S/C12H12N4OS/c17-12(9-2-1-7-18-9)14-11-6-5-10(15-16-11)13-8-3-4-8/h1-2,5-8H,3-4H2,(H,13,15)(H,14,16,17).